The molecular weight excluding hydrogens is 605 g/mol. The number of nitrogens with one attached hydrogen (secondary N) is 3. The van der Waals surface area contributed by atoms with Crippen LogP contribution in [0.15, 0.2) is 120 Å². The summed E-state index contributed by atoms with van der Waals surface area (Å²) in [5, 5.41) is 10.9. The second-order valence-electron chi connectivity index (χ2n) is 10.6. The van der Waals surface area contributed by atoms with Crippen molar-refractivity contribution >= 4 is 62.8 Å². The molecule has 0 saturated carbocycles. The maximum atomic E-state index is 13.9. The molecule has 9 heteroatoms. The average molecular weight is 635 g/mol. The fraction of sp³-hybridized carbons (Fsp3) is 0.0833. The Labute approximate surface area is 270 Å². The van der Waals surface area contributed by atoms with E-state index in [0.29, 0.717) is 44.6 Å². The van der Waals surface area contributed by atoms with Gasteiger partial charge in [0.25, 0.3) is 5.56 Å². The fourth-order valence-corrected chi connectivity index (χ4v) is 5.53. The van der Waals surface area contributed by atoms with E-state index in [-0.39, 0.29) is 18.0 Å². The highest BCUT2D eigenvalue weighted by Gasteiger charge is 2.16. The summed E-state index contributed by atoms with van der Waals surface area (Å²) >= 11 is 12.9. The minimum atomic E-state index is -0.173. The Morgan fingerprint density at radius 3 is 2.20 bits per heavy atom. The summed E-state index contributed by atoms with van der Waals surface area (Å²) in [5.74, 6) is 0.405. The summed E-state index contributed by atoms with van der Waals surface area (Å²) < 4.78 is 1.63. The zero-order valence-corrected chi connectivity index (χ0v) is 25.9. The highest BCUT2D eigenvalue weighted by atomic mass is 35.5. The second kappa shape index (κ2) is 13.3. The lowest BCUT2D eigenvalue weighted by molar-refractivity contribution is -0.114. The van der Waals surface area contributed by atoms with Crippen LogP contribution >= 0.6 is 23.2 Å². The van der Waals surface area contributed by atoms with Gasteiger partial charge < -0.3 is 16.0 Å². The molecule has 45 heavy (non-hydrogen) atoms. The highest BCUT2D eigenvalue weighted by molar-refractivity contribution is 6.39. The first-order chi connectivity index (χ1) is 21.9. The molecule has 0 spiro atoms. The molecule has 7 nitrogen and oxygen atoms in total. The van der Waals surface area contributed by atoms with E-state index in [1.807, 2.05) is 97.9 Å². The van der Waals surface area contributed by atoms with Gasteiger partial charge in [-0.25, -0.2) is 4.98 Å². The first-order valence-electron chi connectivity index (χ1n) is 14.4. The minimum absolute atomic E-state index is 0.0924. The molecule has 5 aromatic carbocycles. The van der Waals surface area contributed by atoms with Crippen molar-refractivity contribution in [3.63, 3.8) is 0 Å². The molecule has 0 fully saturated rings. The first kappa shape index (κ1) is 29.9. The van der Waals surface area contributed by atoms with Gasteiger partial charge in [0.05, 0.1) is 38.9 Å². The van der Waals surface area contributed by atoms with Gasteiger partial charge >= 0.3 is 0 Å². The predicted molar refractivity (Wildman–Crippen MR) is 185 cm³/mol. The van der Waals surface area contributed by atoms with Crippen molar-refractivity contribution in [2.75, 3.05) is 22.5 Å². The number of para-hydroxylation sites is 3. The summed E-state index contributed by atoms with van der Waals surface area (Å²) in [6.45, 7) is 2.09. The lowest BCUT2D eigenvalue weighted by atomic mass is 10.1. The number of hydrogen-bond donors (Lipinski definition) is 3. The average Bonchev–Trinajstić information content (AvgIpc) is 3.04. The zero-order valence-electron chi connectivity index (χ0n) is 24.4. The van der Waals surface area contributed by atoms with Crippen LogP contribution in [0.3, 0.4) is 0 Å². The van der Waals surface area contributed by atoms with Gasteiger partial charge in [-0.3, -0.25) is 14.2 Å². The Morgan fingerprint density at radius 1 is 0.778 bits per heavy atom. The van der Waals surface area contributed by atoms with E-state index in [4.69, 9.17) is 28.2 Å². The Bertz CT molecular complexity index is 2040. The molecule has 6 aromatic rings. The summed E-state index contributed by atoms with van der Waals surface area (Å²) in [6, 6.07) is 35.4. The number of benzene rings is 5. The smallest absolute Gasteiger partial charge is 0.265 e. The van der Waals surface area contributed by atoms with Crippen LogP contribution in [-0.2, 0) is 11.2 Å². The van der Waals surface area contributed by atoms with Crippen molar-refractivity contribution in [3.8, 4) is 5.69 Å². The highest BCUT2D eigenvalue weighted by Crippen LogP contribution is 2.34. The number of fused-ring (bicyclic) bond motifs is 1. The van der Waals surface area contributed by atoms with Crippen molar-refractivity contribution in [2.45, 2.75) is 13.3 Å². The third-order valence-corrected chi connectivity index (χ3v) is 7.98. The summed E-state index contributed by atoms with van der Waals surface area (Å²) in [6.07, 6.45) is 0.352. The van der Waals surface area contributed by atoms with E-state index in [9.17, 15) is 9.59 Å². The molecule has 0 aliphatic heterocycles. The van der Waals surface area contributed by atoms with Crippen LogP contribution in [0.1, 0.15) is 17.0 Å². The number of anilines is 4. The van der Waals surface area contributed by atoms with Crippen molar-refractivity contribution in [2.24, 2.45) is 0 Å². The molecular formula is C36H29Cl2N5O2. The molecule has 0 atom stereocenters. The summed E-state index contributed by atoms with van der Waals surface area (Å²) in [7, 11) is 0. The van der Waals surface area contributed by atoms with Gasteiger partial charge in [-0.05, 0) is 79.2 Å². The molecule has 6 rings (SSSR count). The maximum Gasteiger partial charge on any atom is 0.265 e. The number of aryl methyl sites for hydroxylation is 1. The Kier molecular flexibility index (Phi) is 8.82. The standard InChI is InChI=1S/C36H29Cl2N5O2/c1-23-13-15-26(16-14-23)40-34(44)22-39-25-17-19-27(20-18-25)43-33(41-32-12-5-3-8-28(32)36(43)45)21-24-7-2-4-11-31(24)42-35-29(37)9-6-10-30(35)38/h2-20,39,42H,21-22H2,1H3,(H,40,44). The van der Waals surface area contributed by atoms with Crippen LogP contribution < -0.4 is 21.5 Å². The van der Waals surface area contributed by atoms with Crippen molar-refractivity contribution in [1.82, 2.24) is 9.55 Å². The molecule has 0 radical (unpaired) electrons. The van der Waals surface area contributed by atoms with Gasteiger partial charge in [0.15, 0.2) is 0 Å². The fourth-order valence-electron chi connectivity index (χ4n) is 5.03. The largest absolute Gasteiger partial charge is 0.376 e. The molecule has 0 unspecified atom stereocenters. The Balaban J connectivity index is 1.29. The number of hydrogen-bond acceptors (Lipinski definition) is 5. The van der Waals surface area contributed by atoms with Gasteiger partial charge in [-0.2, -0.15) is 0 Å². The quantitative estimate of drug-likeness (QED) is 0.149. The van der Waals surface area contributed by atoms with E-state index in [2.05, 4.69) is 16.0 Å². The number of aromatic nitrogens is 2. The summed E-state index contributed by atoms with van der Waals surface area (Å²) in [4.78, 5) is 31.3. The number of carbonyl (C=O) groups excluding carboxylic acids is 1. The third-order valence-electron chi connectivity index (χ3n) is 7.35. The Morgan fingerprint density at radius 2 is 1.44 bits per heavy atom. The molecule has 224 valence electrons. The maximum absolute atomic E-state index is 13.9. The van der Waals surface area contributed by atoms with Gasteiger partial charge in [0, 0.05) is 23.5 Å². The number of halogens is 2. The normalized spacial score (nSPS) is 10.9. The molecule has 0 saturated heterocycles. The van der Waals surface area contributed by atoms with Gasteiger partial charge in [-0.15, -0.1) is 0 Å². The second-order valence-corrected chi connectivity index (χ2v) is 11.4. The zero-order chi connectivity index (χ0) is 31.3. The van der Waals surface area contributed by atoms with Gasteiger partial charge in [0.2, 0.25) is 5.91 Å². The number of carbonyl (C=O) groups is 1. The van der Waals surface area contributed by atoms with Crippen LogP contribution in [0.25, 0.3) is 16.6 Å². The van der Waals surface area contributed by atoms with E-state index in [1.165, 1.54) is 0 Å². The molecule has 0 aliphatic rings. The van der Waals surface area contributed by atoms with Crippen LogP contribution in [0.4, 0.5) is 22.7 Å². The molecule has 1 aromatic heterocycles. The number of nitrogens with zero attached hydrogens (tertiary/aromatic N) is 2. The van der Waals surface area contributed by atoms with Crippen LogP contribution in [-0.4, -0.2) is 22.0 Å². The van der Waals surface area contributed by atoms with Crippen LogP contribution in [0.5, 0.6) is 0 Å². The van der Waals surface area contributed by atoms with E-state index < -0.39 is 0 Å². The van der Waals surface area contributed by atoms with Gasteiger partial charge in [-0.1, -0.05) is 77.3 Å². The Hall–Kier alpha value is -5.11. The van der Waals surface area contributed by atoms with Crippen molar-refractivity contribution < 1.29 is 4.79 Å². The molecule has 0 bridgehead atoms. The van der Waals surface area contributed by atoms with E-state index in [1.54, 1.807) is 28.8 Å². The number of amides is 1. The summed E-state index contributed by atoms with van der Waals surface area (Å²) in [5.41, 5.74) is 6.01. The van der Waals surface area contributed by atoms with E-state index in [0.717, 1.165) is 28.2 Å². The first-order valence-corrected chi connectivity index (χ1v) is 15.1. The van der Waals surface area contributed by atoms with Crippen LogP contribution in [0.2, 0.25) is 10.0 Å². The van der Waals surface area contributed by atoms with Crippen LogP contribution in [0, 0.1) is 6.92 Å². The molecule has 0 aliphatic carbocycles. The predicted octanol–water partition coefficient (Wildman–Crippen LogP) is 8.39. The van der Waals surface area contributed by atoms with Crippen molar-refractivity contribution in [3.05, 3.63) is 153 Å². The lowest BCUT2D eigenvalue weighted by Gasteiger charge is -2.17. The molecule has 1 amide bonds. The lowest BCUT2D eigenvalue weighted by Crippen LogP contribution is -2.24. The SMILES string of the molecule is Cc1ccc(NC(=O)CNc2ccc(-n3c(Cc4ccccc4Nc4c(Cl)cccc4Cl)nc4ccccc4c3=O)cc2)cc1. The molecule has 3 N–H and O–H groups in total. The monoisotopic (exact) mass is 633 g/mol. The van der Waals surface area contributed by atoms with Gasteiger partial charge in [0.1, 0.15) is 5.82 Å². The van der Waals surface area contributed by atoms with Crippen molar-refractivity contribution in [1.29, 1.82) is 0 Å². The minimum Gasteiger partial charge on any atom is -0.376 e. The number of rotatable bonds is 9. The topological polar surface area (TPSA) is 88.1 Å². The third kappa shape index (κ3) is 6.85. The molecule has 1 heterocycles. The van der Waals surface area contributed by atoms with E-state index >= 15 is 0 Å².